The van der Waals surface area contributed by atoms with Crippen LogP contribution in [0.25, 0.3) is 0 Å². The van der Waals surface area contributed by atoms with Crippen molar-refractivity contribution in [3.05, 3.63) is 95.1 Å². The van der Waals surface area contributed by atoms with Crippen LogP contribution in [0.4, 0.5) is 5.69 Å². The number of carbonyl (C=O) groups is 2. The second kappa shape index (κ2) is 12.1. The van der Waals surface area contributed by atoms with Gasteiger partial charge in [-0.2, -0.15) is 0 Å². The van der Waals surface area contributed by atoms with Crippen molar-refractivity contribution in [3.63, 3.8) is 0 Å². The SMILES string of the molecule is CC[C@@H](C(=O)NC)N(Cc1cccc(C)c1)C(=O)CN(c1cc(C)cc(C)c1)S(=O)(=O)c1ccccc1. The van der Waals surface area contributed by atoms with E-state index in [1.54, 1.807) is 30.3 Å². The number of hydrogen-bond acceptors (Lipinski definition) is 4. The van der Waals surface area contributed by atoms with Crippen molar-refractivity contribution in [2.24, 2.45) is 0 Å². The summed E-state index contributed by atoms with van der Waals surface area (Å²) in [4.78, 5) is 28.3. The predicted octanol–water partition coefficient (Wildman–Crippen LogP) is 4.36. The van der Waals surface area contributed by atoms with Crippen molar-refractivity contribution in [2.45, 2.75) is 51.6 Å². The summed E-state index contributed by atoms with van der Waals surface area (Å²) in [5.41, 5.74) is 4.05. The predicted molar refractivity (Wildman–Crippen MR) is 147 cm³/mol. The largest absolute Gasteiger partial charge is 0.357 e. The number of aryl methyl sites for hydroxylation is 3. The van der Waals surface area contributed by atoms with Crippen molar-refractivity contribution in [3.8, 4) is 0 Å². The highest BCUT2D eigenvalue weighted by Crippen LogP contribution is 2.27. The Morgan fingerprint density at radius 3 is 2.08 bits per heavy atom. The van der Waals surface area contributed by atoms with Gasteiger partial charge in [-0.15, -0.1) is 0 Å². The maximum absolute atomic E-state index is 13.9. The van der Waals surface area contributed by atoms with Crippen molar-refractivity contribution in [1.82, 2.24) is 10.2 Å². The minimum atomic E-state index is -4.07. The van der Waals surface area contributed by atoms with Gasteiger partial charge in [0, 0.05) is 13.6 Å². The van der Waals surface area contributed by atoms with Gasteiger partial charge in [-0.25, -0.2) is 8.42 Å². The van der Waals surface area contributed by atoms with Crippen LogP contribution in [0.3, 0.4) is 0 Å². The molecule has 0 aliphatic heterocycles. The van der Waals surface area contributed by atoms with Crippen LogP contribution in [0.2, 0.25) is 0 Å². The zero-order valence-corrected chi connectivity index (χ0v) is 22.9. The molecule has 0 fully saturated rings. The van der Waals surface area contributed by atoms with Crippen molar-refractivity contribution in [1.29, 1.82) is 0 Å². The molecule has 8 heteroatoms. The summed E-state index contributed by atoms with van der Waals surface area (Å²) in [6.45, 7) is 7.29. The van der Waals surface area contributed by atoms with Gasteiger partial charge in [0.25, 0.3) is 10.0 Å². The van der Waals surface area contributed by atoms with E-state index in [4.69, 9.17) is 0 Å². The van der Waals surface area contributed by atoms with E-state index in [-0.39, 0.29) is 17.3 Å². The highest BCUT2D eigenvalue weighted by molar-refractivity contribution is 7.92. The molecule has 196 valence electrons. The minimum Gasteiger partial charge on any atom is -0.357 e. The molecule has 0 spiro atoms. The van der Waals surface area contributed by atoms with E-state index >= 15 is 0 Å². The molecule has 37 heavy (non-hydrogen) atoms. The number of nitrogens with zero attached hydrogens (tertiary/aromatic N) is 2. The summed E-state index contributed by atoms with van der Waals surface area (Å²) in [5.74, 6) is -0.761. The number of nitrogens with one attached hydrogen (secondary N) is 1. The summed E-state index contributed by atoms with van der Waals surface area (Å²) < 4.78 is 28.8. The third-order valence-electron chi connectivity index (χ3n) is 6.17. The number of amides is 2. The molecular weight excluding hydrogens is 486 g/mol. The van der Waals surface area contributed by atoms with Crippen LogP contribution in [-0.2, 0) is 26.2 Å². The number of sulfonamides is 1. The second-order valence-corrected chi connectivity index (χ2v) is 11.1. The van der Waals surface area contributed by atoms with E-state index in [1.165, 1.54) is 24.1 Å². The lowest BCUT2D eigenvalue weighted by Crippen LogP contribution is -2.51. The van der Waals surface area contributed by atoms with Gasteiger partial charge in [0.15, 0.2) is 0 Å². The van der Waals surface area contributed by atoms with E-state index in [2.05, 4.69) is 5.32 Å². The first-order chi connectivity index (χ1) is 17.6. The molecule has 0 aliphatic rings. The van der Waals surface area contributed by atoms with Crippen LogP contribution >= 0.6 is 0 Å². The van der Waals surface area contributed by atoms with Gasteiger partial charge >= 0.3 is 0 Å². The molecule has 0 radical (unpaired) electrons. The van der Waals surface area contributed by atoms with E-state index in [1.807, 2.05) is 58.0 Å². The van der Waals surface area contributed by atoms with Crippen LogP contribution < -0.4 is 9.62 Å². The standard InChI is InChI=1S/C29H35N3O4S/c1-6-27(29(34)30-5)31(19-24-12-10-11-21(2)16-24)28(33)20-32(25-17-22(3)15-23(4)18-25)37(35,36)26-13-8-7-9-14-26/h7-18,27H,6,19-20H2,1-5H3,(H,30,34)/t27-/m0/s1. The molecule has 3 aromatic rings. The summed E-state index contributed by atoms with van der Waals surface area (Å²) >= 11 is 0. The first kappa shape index (κ1) is 27.9. The molecule has 7 nitrogen and oxygen atoms in total. The average Bonchev–Trinajstić information content (AvgIpc) is 2.86. The molecule has 0 aromatic heterocycles. The van der Waals surface area contributed by atoms with Gasteiger partial charge in [0.05, 0.1) is 10.6 Å². The van der Waals surface area contributed by atoms with Crippen molar-refractivity contribution >= 4 is 27.5 Å². The zero-order valence-electron chi connectivity index (χ0n) is 22.1. The summed E-state index contributed by atoms with van der Waals surface area (Å²) in [5, 5.41) is 2.64. The lowest BCUT2D eigenvalue weighted by Gasteiger charge is -2.33. The van der Waals surface area contributed by atoms with E-state index in [0.717, 1.165) is 26.6 Å². The fraction of sp³-hybridized carbons (Fsp3) is 0.310. The Morgan fingerprint density at radius 1 is 0.865 bits per heavy atom. The molecular formula is C29H35N3O4S. The lowest BCUT2D eigenvalue weighted by atomic mass is 10.1. The Hall–Kier alpha value is -3.65. The number of benzene rings is 3. The molecule has 1 atom stereocenters. The zero-order chi connectivity index (χ0) is 27.2. The average molecular weight is 522 g/mol. The maximum atomic E-state index is 13.9. The Labute approximate surface area is 220 Å². The fourth-order valence-electron chi connectivity index (χ4n) is 4.44. The van der Waals surface area contributed by atoms with Gasteiger partial charge in [0.2, 0.25) is 11.8 Å². The van der Waals surface area contributed by atoms with Crippen LogP contribution in [0.1, 0.15) is 35.6 Å². The first-order valence-electron chi connectivity index (χ1n) is 12.3. The number of likely N-dealkylation sites (N-methyl/N-ethyl adjacent to an activating group) is 1. The number of rotatable bonds is 10. The van der Waals surface area contributed by atoms with Crippen LogP contribution in [0, 0.1) is 20.8 Å². The molecule has 0 aliphatic carbocycles. The highest BCUT2D eigenvalue weighted by Gasteiger charge is 2.33. The van der Waals surface area contributed by atoms with Gasteiger partial charge in [-0.1, -0.05) is 61.0 Å². The molecule has 1 N–H and O–H groups in total. The summed E-state index contributed by atoms with van der Waals surface area (Å²) in [6.07, 6.45) is 0.381. The van der Waals surface area contributed by atoms with Gasteiger partial charge in [-0.3, -0.25) is 13.9 Å². The Balaban J connectivity index is 2.08. The number of carbonyl (C=O) groups excluding carboxylic acids is 2. The van der Waals surface area contributed by atoms with Gasteiger partial charge in [-0.05, 0) is 68.1 Å². The third-order valence-corrected chi connectivity index (χ3v) is 7.96. The molecule has 2 amide bonds. The second-order valence-electron chi connectivity index (χ2n) is 9.22. The smallest absolute Gasteiger partial charge is 0.264 e. The number of hydrogen-bond donors (Lipinski definition) is 1. The molecule has 3 rings (SSSR count). The Kier molecular flexibility index (Phi) is 9.10. The number of anilines is 1. The first-order valence-corrected chi connectivity index (χ1v) is 13.7. The Morgan fingerprint density at radius 2 is 1.51 bits per heavy atom. The van der Waals surface area contributed by atoms with Gasteiger partial charge in [0.1, 0.15) is 12.6 Å². The third kappa shape index (κ3) is 6.77. The molecule has 0 heterocycles. The molecule has 0 saturated heterocycles. The monoisotopic (exact) mass is 521 g/mol. The highest BCUT2D eigenvalue weighted by atomic mass is 32.2. The van der Waals surface area contributed by atoms with E-state index in [9.17, 15) is 18.0 Å². The van der Waals surface area contributed by atoms with Crippen molar-refractivity contribution < 1.29 is 18.0 Å². The summed E-state index contributed by atoms with van der Waals surface area (Å²) in [6, 6.07) is 20.5. The summed E-state index contributed by atoms with van der Waals surface area (Å²) in [7, 11) is -2.54. The molecule has 0 bridgehead atoms. The quantitative estimate of drug-likeness (QED) is 0.430. The van der Waals surface area contributed by atoms with Crippen LogP contribution in [0.5, 0.6) is 0 Å². The van der Waals surface area contributed by atoms with Crippen molar-refractivity contribution in [2.75, 3.05) is 17.9 Å². The van der Waals surface area contributed by atoms with E-state index < -0.39 is 28.5 Å². The van der Waals surface area contributed by atoms with Crippen LogP contribution in [-0.4, -0.2) is 44.8 Å². The molecule has 0 saturated carbocycles. The molecule has 0 unspecified atom stereocenters. The fourth-order valence-corrected chi connectivity index (χ4v) is 5.86. The topological polar surface area (TPSA) is 86.8 Å². The minimum absolute atomic E-state index is 0.0885. The lowest BCUT2D eigenvalue weighted by molar-refractivity contribution is -0.140. The normalized spacial score (nSPS) is 12.0. The Bertz CT molecular complexity index is 1340. The van der Waals surface area contributed by atoms with Crippen LogP contribution in [0.15, 0.2) is 77.7 Å². The van der Waals surface area contributed by atoms with Gasteiger partial charge < -0.3 is 10.2 Å². The maximum Gasteiger partial charge on any atom is 0.264 e. The van der Waals surface area contributed by atoms with E-state index in [0.29, 0.717) is 12.1 Å². The molecule has 3 aromatic carbocycles.